The summed E-state index contributed by atoms with van der Waals surface area (Å²) in [6.07, 6.45) is 3.67. The standard InChI is InChI=1S/C23H33NO3/c1-22(2,3)17-9-6-15(7-10-17)21(26)24-13-20(25)27-14-16-8-11-18-12-19(16)23(18,4)5/h6-7,9-10,16,18-19H,8,11-14H2,1-5H3,(H,24,26). The molecule has 3 unspecified atom stereocenters. The van der Waals surface area contributed by atoms with E-state index in [9.17, 15) is 9.59 Å². The highest BCUT2D eigenvalue weighted by Gasteiger charge is 2.54. The number of carbonyl (C=O) groups excluding carboxylic acids is 2. The number of ether oxygens (including phenoxy) is 1. The Morgan fingerprint density at radius 3 is 2.37 bits per heavy atom. The SMILES string of the molecule is CC(C)(C)c1ccc(C(=O)NCC(=O)OCC2CCC3CC2C3(C)C)cc1. The topological polar surface area (TPSA) is 55.4 Å². The van der Waals surface area contributed by atoms with Crippen molar-refractivity contribution in [3.63, 3.8) is 0 Å². The Labute approximate surface area is 163 Å². The number of carbonyl (C=O) groups is 2. The van der Waals surface area contributed by atoms with Crippen LogP contribution in [0.25, 0.3) is 0 Å². The number of rotatable bonds is 5. The van der Waals surface area contributed by atoms with Gasteiger partial charge in [-0.3, -0.25) is 9.59 Å². The monoisotopic (exact) mass is 371 g/mol. The van der Waals surface area contributed by atoms with Crippen molar-refractivity contribution in [3.8, 4) is 0 Å². The van der Waals surface area contributed by atoms with Gasteiger partial charge in [0.15, 0.2) is 0 Å². The van der Waals surface area contributed by atoms with E-state index in [0.717, 1.165) is 12.3 Å². The highest BCUT2D eigenvalue weighted by Crippen LogP contribution is 2.61. The molecule has 0 saturated heterocycles. The summed E-state index contributed by atoms with van der Waals surface area (Å²) in [6, 6.07) is 7.53. The van der Waals surface area contributed by atoms with Gasteiger partial charge < -0.3 is 10.1 Å². The molecule has 0 spiro atoms. The fourth-order valence-electron chi connectivity index (χ4n) is 4.79. The van der Waals surface area contributed by atoms with Gasteiger partial charge in [0, 0.05) is 5.56 Å². The van der Waals surface area contributed by atoms with Gasteiger partial charge >= 0.3 is 5.97 Å². The van der Waals surface area contributed by atoms with Crippen molar-refractivity contribution in [1.29, 1.82) is 0 Å². The summed E-state index contributed by atoms with van der Waals surface area (Å²) in [7, 11) is 0. The summed E-state index contributed by atoms with van der Waals surface area (Å²) in [5.74, 6) is 1.38. The van der Waals surface area contributed by atoms with Crippen molar-refractivity contribution >= 4 is 11.9 Å². The minimum absolute atomic E-state index is 0.0486. The first-order chi connectivity index (χ1) is 12.6. The fourth-order valence-corrected chi connectivity index (χ4v) is 4.79. The van der Waals surface area contributed by atoms with E-state index in [1.165, 1.54) is 18.4 Å². The third kappa shape index (κ3) is 4.20. The number of nitrogens with one attached hydrogen (secondary N) is 1. The maximum atomic E-state index is 12.2. The molecule has 0 aliphatic heterocycles. The van der Waals surface area contributed by atoms with Crippen LogP contribution in [0.15, 0.2) is 24.3 Å². The van der Waals surface area contributed by atoms with Crippen molar-refractivity contribution < 1.29 is 14.3 Å². The van der Waals surface area contributed by atoms with Gasteiger partial charge in [-0.15, -0.1) is 0 Å². The first kappa shape index (κ1) is 19.9. The number of fused-ring (bicyclic) bond motifs is 2. The number of amides is 1. The van der Waals surface area contributed by atoms with E-state index in [1.54, 1.807) is 12.1 Å². The second-order valence-electron chi connectivity index (χ2n) is 9.89. The van der Waals surface area contributed by atoms with Crippen LogP contribution in [0.5, 0.6) is 0 Å². The molecule has 3 saturated carbocycles. The Morgan fingerprint density at radius 2 is 1.81 bits per heavy atom. The minimum Gasteiger partial charge on any atom is -0.464 e. The number of esters is 1. The molecule has 1 aromatic carbocycles. The Morgan fingerprint density at radius 1 is 1.15 bits per heavy atom. The van der Waals surface area contributed by atoms with Crippen LogP contribution in [0.2, 0.25) is 0 Å². The predicted octanol–water partition coefficient (Wildman–Crippen LogP) is 4.33. The van der Waals surface area contributed by atoms with Gasteiger partial charge in [-0.25, -0.2) is 0 Å². The summed E-state index contributed by atoms with van der Waals surface area (Å²) in [4.78, 5) is 24.3. The van der Waals surface area contributed by atoms with Crippen molar-refractivity contribution in [2.24, 2.45) is 23.2 Å². The van der Waals surface area contributed by atoms with E-state index >= 15 is 0 Å². The Kier molecular flexibility index (Phi) is 5.38. The third-order valence-corrected chi connectivity index (χ3v) is 6.87. The second-order valence-corrected chi connectivity index (χ2v) is 9.89. The van der Waals surface area contributed by atoms with Crippen molar-refractivity contribution in [3.05, 3.63) is 35.4 Å². The van der Waals surface area contributed by atoms with Crippen molar-refractivity contribution in [2.45, 2.75) is 59.3 Å². The van der Waals surface area contributed by atoms with Crippen LogP contribution in [0.1, 0.15) is 69.8 Å². The van der Waals surface area contributed by atoms with Crippen LogP contribution in [0.4, 0.5) is 0 Å². The first-order valence-corrected chi connectivity index (χ1v) is 10.1. The van der Waals surface area contributed by atoms with E-state index in [4.69, 9.17) is 4.74 Å². The average molecular weight is 372 g/mol. The Balaban J connectivity index is 1.43. The highest BCUT2D eigenvalue weighted by molar-refractivity contribution is 5.95. The molecule has 3 aliphatic rings. The Bertz CT molecular complexity index is 697. The van der Waals surface area contributed by atoms with Crippen LogP contribution in [0, 0.1) is 23.2 Å². The van der Waals surface area contributed by atoms with Gasteiger partial charge in [-0.1, -0.05) is 46.8 Å². The molecular formula is C23H33NO3. The summed E-state index contributed by atoms with van der Waals surface area (Å²) >= 11 is 0. The molecule has 148 valence electrons. The summed E-state index contributed by atoms with van der Waals surface area (Å²) in [5, 5.41) is 2.67. The average Bonchev–Trinajstić information content (AvgIpc) is 2.63. The zero-order chi connectivity index (χ0) is 19.8. The minimum atomic E-state index is -0.353. The van der Waals surface area contributed by atoms with E-state index in [-0.39, 0.29) is 23.8 Å². The van der Waals surface area contributed by atoms with Crippen LogP contribution in [0.3, 0.4) is 0 Å². The summed E-state index contributed by atoms with van der Waals surface area (Å²) in [6.45, 7) is 11.5. The molecule has 3 atom stereocenters. The second kappa shape index (κ2) is 7.29. The first-order valence-electron chi connectivity index (χ1n) is 10.1. The molecule has 4 heteroatoms. The molecule has 1 amide bonds. The lowest BCUT2D eigenvalue weighted by molar-refractivity contribution is -0.154. The smallest absolute Gasteiger partial charge is 0.325 e. The van der Waals surface area contributed by atoms with Crippen LogP contribution in [-0.2, 0) is 14.9 Å². The Hall–Kier alpha value is -1.84. The molecule has 1 aromatic rings. The zero-order valence-electron chi connectivity index (χ0n) is 17.3. The molecule has 2 bridgehead atoms. The molecule has 4 rings (SSSR count). The van der Waals surface area contributed by atoms with Gasteiger partial charge in [-0.2, -0.15) is 0 Å². The quantitative estimate of drug-likeness (QED) is 0.784. The van der Waals surface area contributed by atoms with Crippen LogP contribution < -0.4 is 5.32 Å². The molecule has 27 heavy (non-hydrogen) atoms. The highest BCUT2D eigenvalue weighted by atomic mass is 16.5. The molecule has 0 aromatic heterocycles. The lowest BCUT2D eigenvalue weighted by Crippen LogP contribution is -2.53. The molecule has 1 N–H and O–H groups in total. The van der Waals surface area contributed by atoms with Crippen LogP contribution >= 0.6 is 0 Å². The van der Waals surface area contributed by atoms with Gasteiger partial charge in [0.05, 0.1) is 6.61 Å². The van der Waals surface area contributed by atoms with E-state index in [0.29, 0.717) is 29.4 Å². The molecule has 0 radical (unpaired) electrons. The van der Waals surface area contributed by atoms with Gasteiger partial charge in [0.25, 0.3) is 5.91 Å². The lowest BCUT2D eigenvalue weighted by Gasteiger charge is -2.60. The molecule has 4 nitrogen and oxygen atoms in total. The van der Waals surface area contributed by atoms with E-state index in [2.05, 4.69) is 39.9 Å². The normalized spacial score (nSPS) is 26.0. The molecular weight excluding hydrogens is 338 g/mol. The van der Waals surface area contributed by atoms with Crippen molar-refractivity contribution in [2.75, 3.05) is 13.2 Å². The van der Waals surface area contributed by atoms with Crippen molar-refractivity contribution in [1.82, 2.24) is 5.32 Å². The summed E-state index contributed by atoms with van der Waals surface area (Å²) in [5.41, 5.74) is 2.17. The maximum absolute atomic E-state index is 12.2. The molecule has 0 heterocycles. The largest absolute Gasteiger partial charge is 0.464 e. The number of hydrogen-bond donors (Lipinski definition) is 1. The third-order valence-electron chi connectivity index (χ3n) is 6.87. The predicted molar refractivity (Wildman–Crippen MR) is 107 cm³/mol. The van der Waals surface area contributed by atoms with Gasteiger partial charge in [0.2, 0.25) is 0 Å². The number of benzene rings is 1. The molecule has 3 fully saturated rings. The van der Waals surface area contributed by atoms with Crippen LogP contribution in [-0.4, -0.2) is 25.0 Å². The zero-order valence-corrected chi connectivity index (χ0v) is 17.3. The summed E-state index contributed by atoms with van der Waals surface area (Å²) < 4.78 is 5.47. The van der Waals surface area contributed by atoms with Gasteiger partial charge in [-0.05, 0) is 65.5 Å². The molecule has 3 aliphatic carbocycles. The van der Waals surface area contributed by atoms with E-state index < -0.39 is 0 Å². The van der Waals surface area contributed by atoms with Gasteiger partial charge in [0.1, 0.15) is 6.54 Å². The number of hydrogen-bond acceptors (Lipinski definition) is 3. The maximum Gasteiger partial charge on any atom is 0.325 e. The van der Waals surface area contributed by atoms with E-state index in [1.807, 2.05) is 12.1 Å². The fraction of sp³-hybridized carbons (Fsp3) is 0.652. The lowest BCUT2D eigenvalue weighted by atomic mass is 9.46.